The van der Waals surface area contributed by atoms with Crippen molar-refractivity contribution in [3.63, 3.8) is 0 Å². The van der Waals surface area contributed by atoms with Crippen LogP contribution in [0.3, 0.4) is 0 Å². The van der Waals surface area contributed by atoms with Crippen LogP contribution in [0, 0.1) is 13.8 Å². The minimum absolute atomic E-state index is 0.305. The van der Waals surface area contributed by atoms with Crippen LogP contribution >= 0.6 is 0 Å². The molecule has 0 bridgehead atoms. The normalized spacial score (nSPS) is 19.8. The molecule has 3 rings (SSSR count). The van der Waals surface area contributed by atoms with E-state index in [9.17, 15) is 14.7 Å². The SMILES string of the molecule is CCNc1cc(C)c(C)cc1C1(O)C(=O)c2ccccc2C1=[OH+]. The van der Waals surface area contributed by atoms with Gasteiger partial charge in [-0.25, -0.2) is 0 Å². The van der Waals surface area contributed by atoms with E-state index >= 15 is 0 Å². The third-order valence-electron chi connectivity index (χ3n) is 4.49. The molecule has 1 atom stereocenters. The minimum atomic E-state index is -2.04. The number of aliphatic hydroxyl groups is 1. The summed E-state index contributed by atoms with van der Waals surface area (Å²) in [6, 6.07) is 10.4. The zero-order valence-electron chi connectivity index (χ0n) is 13.5. The summed E-state index contributed by atoms with van der Waals surface area (Å²) in [6.45, 7) is 6.48. The summed E-state index contributed by atoms with van der Waals surface area (Å²) < 4.78 is 0. The molecule has 1 unspecified atom stereocenters. The number of anilines is 1. The number of Topliss-reactive ketones (excluding diaryl/α,β-unsaturated/α-hetero) is 1. The molecule has 0 saturated carbocycles. The average Bonchev–Trinajstić information content (AvgIpc) is 2.74. The molecule has 0 aromatic heterocycles. The van der Waals surface area contributed by atoms with E-state index < -0.39 is 11.4 Å². The number of fused-ring (bicyclic) bond motifs is 1. The van der Waals surface area contributed by atoms with E-state index in [0.29, 0.717) is 28.9 Å². The fraction of sp³-hybridized carbons (Fsp3) is 0.263. The number of carbonyl (C=O) groups is 1. The predicted molar refractivity (Wildman–Crippen MR) is 90.8 cm³/mol. The second-order valence-electron chi connectivity index (χ2n) is 5.95. The van der Waals surface area contributed by atoms with Crippen LogP contribution in [0.4, 0.5) is 5.69 Å². The van der Waals surface area contributed by atoms with E-state index in [-0.39, 0.29) is 5.78 Å². The molecule has 4 heteroatoms. The van der Waals surface area contributed by atoms with Crippen LogP contribution in [0.5, 0.6) is 0 Å². The highest BCUT2D eigenvalue weighted by atomic mass is 16.3. The molecule has 0 amide bonds. The van der Waals surface area contributed by atoms with Crippen molar-refractivity contribution in [2.45, 2.75) is 26.4 Å². The van der Waals surface area contributed by atoms with Crippen LogP contribution in [0.1, 0.15) is 39.5 Å². The van der Waals surface area contributed by atoms with Gasteiger partial charge in [0.15, 0.2) is 0 Å². The molecule has 4 nitrogen and oxygen atoms in total. The van der Waals surface area contributed by atoms with Gasteiger partial charge < -0.3 is 10.4 Å². The highest BCUT2D eigenvalue weighted by Crippen LogP contribution is 2.41. The first-order valence-corrected chi connectivity index (χ1v) is 7.69. The Morgan fingerprint density at radius 2 is 1.74 bits per heavy atom. The van der Waals surface area contributed by atoms with Crippen LogP contribution in [0.2, 0.25) is 0 Å². The number of aryl methyl sites for hydroxylation is 2. The number of benzene rings is 2. The molecule has 0 saturated heterocycles. The van der Waals surface area contributed by atoms with Gasteiger partial charge in [-0.1, -0.05) is 18.2 Å². The lowest BCUT2D eigenvalue weighted by atomic mass is 9.85. The predicted octanol–water partition coefficient (Wildman–Crippen LogP) is 2.71. The van der Waals surface area contributed by atoms with Crippen LogP contribution in [-0.4, -0.2) is 28.0 Å². The van der Waals surface area contributed by atoms with Gasteiger partial charge in [0, 0.05) is 23.4 Å². The van der Waals surface area contributed by atoms with Gasteiger partial charge in [0.25, 0.3) is 5.60 Å². The van der Waals surface area contributed by atoms with Crippen molar-refractivity contribution in [1.29, 1.82) is 0 Å². The fourth-order valence-electron chi connectivity index (χ4n) is 3.09. The smallest absolute Gasteiger partial charge is 0.368 e. The van der Waals surface area contributed by atoms with E-state index in [0.717, 1.165) is 11.1 Å². The topological polar surface area (TPSA) is 70.7 Å². The van der Waals surface area contributed by atoms with Crippen molar-refractivity contribution < 1.29 is 14.7 Å². The van der Waals surface area contributed by atoms with Crippen molar-refractivity contribution in [3.8, 4) is 0 Å². The molecule has 23 heavy (non-hydrogen) atoms. The number of ketones is 2. The summed E-state index contributed by atoms with van der Waals surface area (Å²) in [5.41, 5.74) is 1.74. The Morgan fingerprint density at radius 3 is 2.35 bits per heavy atom. The van der Waals surface area contributed by atoms with Gasteiger partial charge in [-0.05, 0) is 50.1 Å². The Kier molecular flexibility index (Phi) is 3.57. The van der Waals surface area contributed by atoms with Gasteiger partial charge in [-0.3, -0.25) is 9.59 Å². The maximum atomic E-state index is 12.8. The zero-order chi connectivity index (χ0) is 16.8. The molecule has 0 radical (unpaired) electrons. The van der Waals surface area contributed by atoms with Gasteiger partial charge in [0.05, 0.1) is 5.56 Å². The molecule has 0 fully saturated rings. The number of hydrogen-bond donors (Lipinski definition) is 2. The molecule has 1 aliphatic carbocycles. The Morgan fingerprint density at radius 1 is 1.13 bits per heavy atom. The third-order valence-corrected chi connectivity index (χ3v) is 4.49. The summed E-state index contributed by atoms with van der Waals surface area (Å²) in [5, 5.41) is 14.3. The first-order chi connectivity index (χ1) is 10.9. The van der Waals surface area contributed by atoms with Crippen LogP contribution < -0.4 is 5.32 Å². The molecule has 118 valence electrons. The van der Waals surface area contributed by atoms with E-state index in [4.69, 9.17) is 0 Å². The summed E-state index contributed by atoms with van der Waals surface area (Å²) >= 11 is 0. The van der Waals surface area contributed by atoms with Gasteiger partial charge in [-0.2, -0.15) is 0 Å². The Bertz CT molecular complexity index is 788. The standard InChI is InChI=1S/C19H19NO3/c1-4-20-16-10-12(3)11(2)9-15(16)19(23)17(21)13-7-5-6-8-14(13)18(19)22/h5-10,20,23H,4H2,1-3H3/p+1. The molecule has 2 aromatic rings. The number of rotatable bonds is 3. The number of carbonyl (C=O) groups excluding carboxylic acids is 2. The van der Waals surface area contributed by atoms with Gasteiger partial charge >= 0.3 is 5.78 Å². The zero-order valence-corrected chi connectivity index (χ0v) is 13.5. The van der Waals surface area contributed by atoms with E-state index in [1.54, 1.807) is 30.3 Å². The van der Waals surface area contributed by atoms with Crippen molar-refractivity contribution in [2.75, 3.05) is 11.9 Å². The highest BCUT2D eigenvalue weighted by molar-refractivity contribution is 6.32. The number of hydrogen-bond acceptors (Lipinski definition) is 3. The Labute approximate surface area is 135 Å². The van der Waals surface area contributed by atoms with Gasteiger partial charge in [-0.15, -0.1) is 0 Å². The highest BCUT2D eigenvalue weighted by Gasteiger charge is 2.59. The molecule has 0 spiro atoms. The van der Waals surface area contributed by atoms with Crippen molar-refractivity contribution >= 4 is 17.3 Å². The largest absolute Gasteiger partial charge is 0.385 e. The third kappa shape index (κ3) is 2.10. The summed E-state index contributed by atoms with van der Waals surface area (Å²) in [4.78, 5) is 23.4. The second kappa shape index (κ2) is 5.32. The van der Waals surface area contributed by atoms with Gasteiger partial charge in [0.2, 0.25) is 5.78 Å². The lowest BCUT2D eigenvalue weighted by Crippen LogP contribution is -2.39. The Hall–Kier alpha value is -2.46. The van der Waals surface area contributed by atoms with Crippen molar-refractivity contribution in [1.82, 2.24) is 0 Å². The van der Waals surface area contributed by atoms with Crippen LogP contribution in [0.25, 0.3) is 0 Å². The van der Waals surface area contributed by atoms with Crippen LogP contribution in [-0.2, 0) is 5.60 Å². The molecule has 2 aromatic carbocycles. The molecule has 1 aliphatic rings. The fourth-order valence-corrected chi connectivity index (χ4v) is 3.09. The minimum Gasteiger partial charge on any atom is -0.385 e. The lowest BCUT2D eigenvalue weighted by Gasteiger charge is -2.22. The average molecular weight is 310 g/mol. The maximum Gasteiger partial charge on any atom is 0.368 e. The molecule has 3 N–H and O–H groups in total. The quantitative estimate of drug-likeness (QED) is 0.676. The van der Waals surface area contributed by atoms with Crippen LogP contribution in [0.15, 0.2) is 36.4 Å². The van der Waals surface area contributed by atoms with Gasteiger partial charge in [0.1, 0.15) is 0 Å². The lowest BCUT2D eigenvalue weighted by molar-refractivity contribution is 0.0595. The second-order valence-corrected chi connectivity index (χ2v) is 5.95. The summed E-state index contributed by atoms with van der Waals surface area (Å²) in [5.74, 6) is -0.798. The monoisotopic (exact) mass is 310 g/mol. The molecule has 0 aliphatic heterocycles. The van der Waals surface area contributed by atoms with E-state index in [1.807, 2.05) is 26.8 Å². The first-order valence-electron chi connectivity index (χ1n) is 7.69. The molecular weight excluding hydrogens is 290 g/mol. The maximum absolute atomic E-state index is 12.8. The molecule has 0 heterocycles. The molecular formula is C19H20NO3+. The van der Waals surface area contributed by atoms with E-state index in [1.165, 1.54) is 0 Å². The number of nitrogens with one attached hydrogen (secondary N) is 1. The van der Waals surface area contributed by atoms with Crippen molar-refractivity contribution in [3.05, 3.63) is 64.2 Å². The Balaban J connectivity index is 2.25. The van der Waals surface area contributed by atoms with E-state index in [2.05, 4.69) is 5.32 Å². The first kappa shape index (κ1) is 15.4. The van der Waals surface area contributed by atoms with Crippen molar-refractivity contribution in [2.24, 2.45) is 0 Å². The summed E-state index contributed by atoms with van der Waals surface area (Å²) in [6.07, 6.45) is 0. The summed E-state index contributed by atoms with van der Waals surface area (Å²) in [7, 11) is 0.